The van der Waals surface area contributed by atoms with Crippen molar-refractivity contribution in [2.45, 2.75) is 12.5 Å². The molecule has 1 atom stereocenters. The molecule has 0 saturated carbocycles. The van der Waals surface area contributed by atoms with Crippen LogP contribution in [0.15, 0.2) is 85.2 Å². The molecule has 1 heterocycles. The minimum absolute atomic E-state index is 0.0695. The molecule has 5 heteroatoms. The van der Waals surface area contributed by atoms with E-state index in [1.807, 2.05) is 24.3 Å². The van der Waals surface area contributed by atoms with Crippen molar-refractivity contribution in [3.05, 3.63) is 107 Å². The molecule has 0 saturated heterocycles. The van der Waals surface area contributed by atoms with Crippen LogP contribution in [0.3, 0.4) is 0 Å². The van der Waals surface area contributed by atoms with Gasteiger partial charge in [-0.25, -0.2) is 4.39 Å². The maximum Gasteiger partial charge on any atom is 0.163 e. The fraction of sp³-hybridized carbons (Fsp3) is 0.0833. The molecule has 1 unspecified atom stereocenters. The van der Waals surface area contributed by atoms with Gasteiger partial charge < -0.3 is 5.32 Å². The van der Waals surface area contributed by atoms with Crippen LogP contribution in [0.2, 0.25) is 5.02 Å². The first kappa shape index (κ1) is 19.1. The number of nitrogens with one attached hydrogen (secondary N) is 1. The highest BCUT2D eigenvalue weighted by atomic mass is 35.5. The topological polar surface area (TPSA) is 42.0 Å². The number of Topliss-reactive ketones (excluding diaryl/α,β-unsaturated/α-hetero) is 1. The molecular weight excluding hydrogens is 387 g/mol. The zero-order chi connectivity index (χ0) is 20.2. The van der Waals surface area contributed by atoms with Crippen LogP contribution >= 0.6 is 11.6 Å². The molecule has 29 heavy (non-hydrogen) atoms. The van der Waals surface area contributed by atoms with Gasteiger partial charge in [0.15, 0.2) is 5.78 Å². The largest absolute Gasteiger partial charge is 0.369 e. The van der Waals surface area contributed by atoms with Crippen molar-refractivity contribution in [2.75, 3.05) is 5.32 Å². The van der Waals surface area contributed by atoms with Crippen LogP contribution < -0.4 is 5.32 Å². The number of aromatic nitrogens is 1. The number of rotatable bonds is 6. The Morgan fingerprint density at radius 1 is 1.00 bits per heavy atom. The quantitative estimate of drug-likeness (QED) is 0.429. The maximum atomic E-state index is 14.2. The summed E-state index contributed by atoms with van der Waals surface area (Å²) in [5.74, 6) is -0.476. The minimum Gasteiger partial charge on any atom is -0.369 e. The number of hydrogen-bond donors (Lipinski definition) is 1. The van der Waals surface area contributed by atoms with Gasteiger partial charge in [-0.3, -0.25) is 9.78 Å². The smallest absolute Gasteiger partial charge is 0.163 e. The summed E-state index contributed by atoms with van der Waals surface area (Å²) in [7, 11) is 0. The number of pyridine rings is 1. The molecule has 4 aromatic rings. The minimum atomic E-state index is -0.707. The summed E-state index contributed by atoms with van der Waals surface area (Å²) >= 11 is 6.01. The van der Waals surface area contributed by atoms with Gasteiger partial charge in [0.1, 0.15) is 11.9 Å². The summed E-state index contributed by atoms with van der Waals surface area (Å²) in [4.78, 5) is 17.5. The Balaban J connectivity index is 1.69. The predicted octanol–water partition coefficient (Wildman–Crippen LogP) is 5.99. The van der Waals surface area contributed by atoms with Crippen molar-refractivity contribution < 1.29 is 9.18 Å². The Kier molecular flexibility index (Phi) is 5.54. The number of para-hydroxylation sites is 1. The Bertz CT molecular complexity index is 1160. The molecular formula is C24H18ClFN2O. The Labute approximate surface area is 173 Å². The number of ketones is 1. The van der Waals surface area contributed by atoms with E-state index < -0.39 is 11.9 Å². The first-order valence-corrected chi connectivity index (χ1v) is 9.60. The summed E-state index contributed by atoms with van der Waals surface area (Å²) in [6.45, 7) is 0. The maximum absolute atomic E-state index is 14.2. The molecule has 0 aliphatic carbocycles. The van der Waals surface area contributed by atoms with Gasteiger partial charge in [0.05, 0.1) is 5.69 Å². The predicted molar refractivity (Wildman–Crippen MR) is 115 cm³/mol. The first-order valence-electron chi connectivity index (χ1n) is 9.23. The van der Waals surface area contributed by atoms with Crippen molar-refractivity contribution in [2.24, 2.45) is 0 Å². The lowest BCUT2D eigenvalue weighted by atomic mass is 9.95. The van der Waals surface area contributed by atoms with E-state index in [1.165, 1.54) is 6.07 Å². The van der Waals surface area contributed by atoms with E-state index in [1.54, 1.807) is 54.9 Å². The molecule has 0 aliphatic rings. The van der Waals surface area contributed by atoms with Gasteiger partial charge in [-0.05, 0) is 46.8 Å². The molecule has 0 aliphatic heterocycles. The number of carbonyl (C=O) groups is 1. The standard InChI is InChI=1S/C24H18ClFN2O/c25-19-10-8-16(9-11-19)24(28-22-7-2-1-6-21(22)26)23(29)14-17-4-3-5-18-15-27-13-12-20(17)18/h1-13,15,24,28H,14H2. The number of fused-ring (bicyclic) bond motifs is 1. The molecule has 0 amide bonds. The monoisotopic (exact) mass is 404 g/mol. The molecule has 144 valence electrons. The zero-order valence-corrected chi connectivity index (χ0v) is 16.2. The highest BCUT2D eigenvalue weighted by molar-refractivity contribution is 6.30. The van der Waals surface area contributed by atoms with Gasteiger partial charge in [-0.1, -0.05) is 54.1 Å². The molecule has 4 rings (SSSR count). The van der Waals surface area contributed by atoms with Crippen molar-refractivity contribution >= 4 is 33.8 Å². The number of halogens is 2. The van der Waals surface area contributed by atoms with E-state index in [4.69, 9.17) is 11.6 Å². The lowest BCUT2D eigenvalue weighted by Gasteiger charge is -2.20. The van der Waals surface area contributed by atoms with Gasteiger partial charge >= 0.3 is 0 Å². The van der Waals surface area contributed by atoms with E-state index in [9.17, 15) is 9.18 Å². The van der Waals surface area contributed by atoms with Gasteiger partial charge in [0.2, 0.25) is 0 Å². The van der Waals surface area contributed by atoms with Crippen molar-refractivity contribution in [3.63, 3.8) is 0 Å². The third-order valence-corrected chi connectivity index (χ3v) is 5.09. The number of carbonyl (C=O) groups excluding carboxylic acids is 1. The highest BCUT2D eigenvalue weighted by Gasteiger charge is 2.22. The second-order valence-corrected chi connectivity index (χ2v) is 7.20. The van der Waals surface area contributed by atoms with Crippen LogP contribution in [0, 0.1) is 5.82 Å². The molecule has 1 N–H and O–H groups in total. The first-order chi connectivity index (χ1) is 14.1. The van der Waals surface area contributed by atoms with Gasteiger partial charge in [0.25, 0.3) is 0 Å². The van der Waals surface area contributed by atoms with Gasteiger partial charge in [0, 0.05) is 29.2 Å². The second kappa shape index (κ2) is 8.41. The average Bonchev–Trinajstić information content (AvgIpc) is 2.74. The third kappa shape index (κ3) is 4.28. The molecule has 1 aromatic heterocycles. The number of benzene rings is 3. The fourth-order valence-electron chi connectivity index (χ4n) is 3.37. The second-order valence-electron chi connectivity index (χ2n) is 6.77. The van der Waals surface area contributed by atoms with Crippen molar-refractivity contribution in [1.29, 1.82) is 0 Å². The number of hydrogen-bond acceptors (Lipinski definition) is 3. The van der Waals surface area contributed by atoms with Crippen LogP contribution in [0.4, 0.5) is 10.1 Å². The van der Waals surface area contributed by atoms with E-state index in [-0.39, 0.29) is 17.9 Å². The van der Waals surface area contributed by atoms with Gasteiger partial charge in [-0.2, -0.15) is 0 Å². The number of nitrogens with zero attached hydrogens (tertiary/aromatic N) is 1. The Morgan fingerprint density at radius 3 is 2.59 bits per heavy atom. The highest BCUT2D eigenvalue weighted by Crippen LogP contribution is 2.27. The van der Waals surface area contributed by atoms with E-state index in [0.717, 1.165) is 21.9 Å². The van der Waals surface area contributed by atoms with E-state index in [2.05, 4.69) is 10.3 Å². The van der Waals surface area contributed by atoms with Crippen molar-refractivity contribution in [1.82, 2.24) is 4.98 Å². The molecule has 3 nitrogen and oxygen atoms in total. The lowest BCUT2D eigenvalue weighted by Crippen LogP contribution is -2.23. The van der Waals surface area contributed by atoms with Crippen LogP contribution in [0.1, 0.15) is 17.2 Å². The lowest BCUT2D eigenvalue weighted by molar-refractivity contribution is -0.119. The molecule has 0 bridgehead atoms. The molecule has 0 fully saturated rings. The van der Waals surface area contributed by atoms with Crippen LogP contribution in [0.5, 0.6) is 0 Å². The van der Waals surface area contributed by atoms with Crippen LogP contribution in [-0.2, 0) is 11.2 Å². The molecule has 0 spiro atoms. The van der Waals surface area contributed by atoms with E-state index >= 15 is 0 Å². The van der Waals surface area contributed by atoms with Gasteiger partial charge in [-0.15, -0.1) is 0 Å². The third-order valence-electron chi connectivity index (χ3n) is 4.83. The molecule has 3 aromatic carbocycles. The summed E-state index contributed by atoms with van der Waals surface area (Å²) in [6.07, 6.45) is 3.69. The average molecular weight is 405 g/mol. The van der Waals surface area contributed by atoms with Crippen LogP contribution in [-0.4, -0.2) is 10.8 Å². The molecule has 0 radical (unpaired) electrons. The summed E-state index contributed by atoms with van der Waals surface area (Å²) in [6, 6.07) is 20.3. The van der Waals surface area contributed by atoms with Crippen LogP contribution in [0.25, 0.3) is 10.8 Å². The fourth-order valence-corrected chi connectivity index (χ4v) is 3.50. The SMILES string of the molecule is O=C(Cc1cccc2cnccc12)C(Nc1ccccc1F)c1ccc(Cl)cc1. The van der Waals surface area contributed by atoms with Crippen molar-refractivity contribution in [3.8, 4) is 0 Å². The van der Waals surface area contributed by atoms with E-state index in [0.29, 0.717) is 5.02 Å². The zero-order valence-electron chi connectivity index (χ0n) is 15.5. The Hall–Kier alpha value is -3.24. The summed E-state index contributed by atoms with van der Waals surface area (Å²) in [5, 5.41) is 5.61. The summed E-state index contributed by atoms with van der Waals surface area (Å²) in [5.41, 5.74) is 1.91. The Morgan fingerprint density at radius 2 is 1.79 bits per heavy atom. The normalized spacial score (nSPS) is 11.9. The number of anilines is 1. The summed E-state index contributed by atoms with van der Waals surface area (Å²) < 4.78 is 14.2.